The van der Waals surface area contributed by atoms with Crippen LogP contribution in [0.1, 0.15) is 20.3 Å². The number of hydrogen-bond acceptors (Lipinski definition) is 2. The van der Waals surface area contributed by atoms with Crippen LogP contribution in [0.2, 0.25) is 18.6 Å². The quantitative estimate of drug-likeness (QED) is 0.451. The average Bonchev–Trinajstić information content (AvgIpc) is 2.39. The predicted octanol–water partition coefficient (Wildman–Crippen LogP) is 3.50. The lowest BCUT2D eigenvalue weighted by atomic mass is 10.3. The van der Waals surface area contributed by atoms with Crippen molar-refractivity contribution < 1.29 is 9.53 Å². The lowest BCUT2D eigenvalue weighted by Gasteiger charge is -2.30. The Kier molecular flexibility index (Phi) is 6.02. The molecule has 1 aromatic rings. The molecule has 0 bridgehead atoms. The van der Waals surface area contributed by atoms with Crippen molar-refractivity contribution in [2.75, 3.05) is 6.61 Å². The average molecular weight is 276 g/mol. The van der Waals surface area contributed by atoms with Crippen molar-refractivity contribution in [2.24, 2.45) is 0 Å². The Balaban J connectivity index is 2.94. The molecule has 104 valence electrons. The maximum atomic E-state index is 11.8. The summed E-state index contributed by atoms with van der Waals surface area (Å²) in [6.07, 6.45) is 4.68. The third-order valence-electron chi connectivity index (χ3n) is 3.56. The van der Waals surface area contributed by atoms with E-state index in [-0.39, 0.29) is 11.5 Å². The maximum absolute atomic E-state index is 11.8. The molecule has 0 aliphatic carbocycles. The molecule has 0 aromatic heterocycles. The van der Waals surface area contributed by atoms with Gasteiger partial charge in [-0.15, -0.1) is 0 Å². The largest absolute Gasteiger partial charge is 0.466 e. The van der Waals surface area contributed by atoms with Crippen LogP contribution in [-0.4, -0.2) is 20.7 Å². The standard InChI is InChI=1S/C16H24O2Si/c1-5-10-15(13-16(17)18-6-2)19(3,4)14-11-8-7-9-12-14/h5,7-12,15H,6,13H2,1-4H3/b10-5+/t15-/m1/s1. The van der Waals surface area contributed by atoms with Crippen LogP contribution < -0.4 is 5.19 Å². The van der Waals surface area contributed by atoms with E-state index in [1.807, 2.05) is 26.0 Å². The van der Waals surface area contributed by atoms with Crippen LogP contribution in [0.15, 0.2) is 42.5 Å². The van der Waals surface area contributed by atoms with Gasteiger partial charge in [-0.05, 0) is 19.4 Å². The molecule has 0 aliphatic rings. The van der Waals surface area contributed by atoms with Crippen LogP contribution in [0, 0.1) is 0 Å². The van der Waals surface area contributed by atoms with E-state index in [9.17, 15) is 4.79 Å². The van der Waals surface area contributed by atoms with Crippen LogP contribution in [0.3, 0.4) is 0 Å². The van der Waals surface area contributed by atoms with E-state index in [1.165, 1.54) is 5.19 Å². The molecule has 1 rings (SSSR count). The zero-order chi connectivity index (χ0) is 14.3. The fourth-order valence-electron chi connectivity index (χ4n) is 2.28. The number of allylic oxidation sites excluding steroid dienone is 2. The zero-order valence-electron chi connectivity index (χ0n) is 12.3. The van der Waals surface area contributed by atoms with Crippen molar-refractivity contribution in [3.8, 4) is 0 Å². The van der Waals surface area contributed by atoms with E-state index in [4.69, 9.17) is 4.74 Å². The Labute approximate surface area is 117 Å². The van der Waals surface area contributed by atoms with Crippen molar-refractivity contribution in [2.45, 2.75) is 38.9 Å². The van der Waals surface area contributed by atoms with Gasteiger partial charge in [0.15, 0.2) is 0 Å². The van der Waals surface area contributed by atoms with Crippen LogP contribution in [0.5, 0.6) is 0 Å². The number of carbonyl (C=O) groups excluding carboxylic acids is 1. The van der Waals surface area contributed by atoms with Crippen molar-refractivity contribution in [1.82, 2.24) is 0 Å². The summed E-state index contributed by atoms with van der Waals surface area (Å²) in [6, 6.07) is 10.5. The van der Waals surface area contributed by atoms with E-state index < -0.39 is 8.07 Å². The van der Waals surface area contributed by atoms with E-state index in [1.54, 1.807) is 0 Å². The fraction of sp³-hybridized carbons (Fsp3) is 0.438. The highest BCUT2D eigenvalue weighted by molar-refractivity contribution is 6.91. The summed E-state index contributed by atoms with van der Waals surface area (Å²) in [7, 11) is -1.71. The normalized spacial score (nSPS) is 13.5. The van der Waals surface area contributed by atoms with Crippen LogP contribution in [-0.2, 0) is 9.53 Å². The molecule has 0 aliphatic heterocycles. The molecule has 0 unspecified atom stereocenters. The van der Waals surface area contributed by atoms with Gasteiger partial charge < -0.3 is 4.74 Å². The molecule has 1 aromatic carbocycles. The number of rotatable bonds is 6. The van der Waals surface area contributed by atoms with Gasteiger partial charge in [-0.1, -0.05) is 60.8 Å². The van der Waals surface area contributed by atoms with Gasteiger partial charge in [-0.2, -0.15) is 0 Å². The third-order valence-corrected chi connectivity index (χ3v) is 7.63. The van der Waals surface area contributed by atoms with Crippen molar-refractivity contribution >= 4 is 19.2 Å². The first-order valence-corrected chi connectivity index (χ1v) is 9.94. The highest BCUT2D eigenvalue weighted by Crippen LogP contribution is 2.27. The molecule has 0 spiro atoms. The minimum atomic E-state index is -1.71. The molecule has 0 heterocycles. The summed E-state index contributed by atoms with van der Waals surface area (Å²) in [5, 5.41) is 1.38. The lowest BCUT2D eigenvalue weighted by Crippen LogP contribution is -2.46. The third kappa shape index (κ3) is 4.35. The summed E-state index contributed by atoms with van der Waals surface area (Å²) in [5.74, 6) is -0.0953. The van der Waals surface area contributed by atoms with Gasteiger partial charge in [-0.25, -0.2) is 0 Å². The number of esters is 1. The highest BCUT2D eigenvalue weighted by atomic mass is 28.3. The zero-order valence-corrected chi connectivity index (χ0v) is 13.3. The molecule has 1 atom stereocenters. The van der Waals surface area contributed by atoms with E-state index in [0.29, 0.717) is 13.0 Å². The Bertz CT molecular complexity index is 424. The molecule has 2 nitrogen and oxygen atoms in total. The maximum Gasteiger partial charge on any atom is 0.306 e. The van der Waals surface area contributed by atoms with E-state index in [0.717, 1.165) is 0 Å². The number of ether oxygens (including phenoxy) is 1. The van der Waals surface area contributed by atoms with Crippen molar-refractivity contribution in [3.05, 3.63) is 42.5 Å². The summed E-state index contributed by atoms with van der Waals surface area (Å²) in [4.78, 5) is 11.8. The van der Waals surface area contributed by atoms with Crippen LogP contribution in [0.25, 0.3) is 0 Å². The molecule has 0 fully saturated rings. The van der Waals surface area contributed by atoms with Gasteiger partial charge in [0.1, 0.15) is 0 Å². The van der Waals surface area contributed by atoms with E-state index >= 15 is 0 Å². The minimum absolute atomic E-state index is 0.0953. The molecule has 3 heteroatoms. The summed E-state index contributed by atoms with van der Waals surface area (Å²) >= 11 is 0. The molecular weight excluding hydrogens is 252 g/mol. The SMILES string of the molecule is C/C=C/[C@H](CC(=O)OCC)[Si](C)(C)c1ccccc1. The summed E-state index contributed by atoms with van der Waals surface area (Å²) < 4.78 is 5.10. The van der Waals surface area contributed by atoms with Gasteiger partial charge in [0, 0.05) is 6.42 Å². The van der Waals surface area contributed by atoms with Crippen LogP contribution in [0.4, 0.5) is 0 Å². The molecule has 0 radical (unpaired) electrons. The monoisotopic (exact) mass is 276 g/mol. The van der Waals surface area contributed by atoms with Gasteiger partial charge in [0.2, 0.25) is 0 Å². The molecular formula is C16H24O2Si. The summed E-state index contributed by atoms with van der Waals surface area (Å²) in [5.41, 5.74) is 0.277. The molecule has 0 amide bonds. The van der Waals surface area contributed by atoms with Gasteiger partial charge in [-0.3, -0.25) is 4.79 Å². The first-order chi connectivity index (χ1) is 9.02. The van der Waals surface area contributed by atoms with Gasteiger partial charge in [0.25, 0.3) is 0 Å². The lowest BCUT2D eigenvalue weighted by molar-refractivity contribution is -0.143. The predicted molar refractivity (Wildman–Crippen MR) is 83.4 cm³/mol. The minimum Gasteiger partial charge on any atom is -0.466 e. The molecule has 0 saturated carbocycles. The topological polar surface area (TPSA) is 26.3 Å². The first-order valence-electron chi connectivity index (χ1n) is 6.86. The molecule has 0 N–H and O–H groups in total. The van der Waals surface area contributed by atoms with Crippen molar-refractivity contribution in [3.63, 3.8) is 0 Å². The number of carbonyl (C=O) groups is 1. The molecule has 0 saturated heterocycles. The Morgan fingerprint density at radius 3 is 2.47 bits per heavy atom. The Morgan fingerprint density at radius 2 is 1.95 bits per heavy atom. The second-order valence-corrected chi connectivity index (χ2v) is 9.99. The van der Waals surface area contributed by atoms with E-state index in [2.05, 4.69) is 43.4 Å². The number of benzene rings is 1. The second kappa shape index (κ2) is 7.29. The van der Waals surface area contributed by atoms with Crippen molar-refractivity contribution in [1.29, 1.82) is 0 Å². The summed E-state index contributed by atoms with van der Waals surface area (Å²) in [6.45, 7) is 8.93. The molecule has 19 heavy (non-hydrogen) atoms. The van der Waals surface area contributed by atoms with Gasteiger partial charge >= 0.3 is 5.97 Å². The van der Waals surface area contributed by atoms with Crippen LogP contribution >= 0.6 is 0 Å². The second-order valence-electron chi connectivity index (χ2n) is 5.23. The number of hydrogen-bond donors (Lipinski definition) is 0. The first kappa shape index (κ1) is 15.7. The Hall–Kier alpha value is -1.35. The fourth-order valence-corrected chi connectivity index (χ4v) is 5.11. The smallest absolute Gasteiger partial charge is 0.306 e. The Morgan fingerprint density at radius 1 is 1.32 bits per heavy atom. The highest BCUT2D eigenvalue weighted by Gasteiger charge is 2.33. The van der Waals surface area contributed by atoms with Gasteiger partial charge in [0.05, 0.1) is 14.7 Å².